The van der Waals surface area contributed by atoms with Gasteiger partial charge in [-0.25, -0.2) is 0 Å². The van der Waals surface area contributed by atoms with E-state index >= 15 is 0 Å². The van der Waals surface area contributed by atoms with Crippen molar-refractivity contribution in [2.24, 2.45) is 5.84 Å². The monoisotopic (exact) mass is 304 g/mol. The highest BCUT2D eigenvalue weighted by molar-refractivity contribution is 7.09. The Hall–Kier alpha value is -1.36. The van der Waals surface area contributed by atoms with Crippen LogP contribution in [-0.4, -0.2) is 6.10 Å². The van der Waals surface area contributed by atoms with Crippen molar-refractivity contribution < 1.29 is 4.74 Å². The van der Waals surface area contributed by atoms with Crippen LogP contribution in [0.1, 0.15) is 43.2 Å². The minimum absolute atomic E-state index is 0.193. The van der Waals surface area contributed by atoms with Crippen LogP contribution in [0.15, 0.2) is 41.8 Å². The Morgan fingerprint density at radius 3 is 2.52 bits per heavy atom. The highest BCUT2D eigenvalue weighted by Gasteiger charge is 2.10. The van der Waals surface area contributed by atoms with Crippen molar-refractivity contribution in [2.45, 2.75) is 45.3 Å². The lowest BCUT2D eigenvalue weighted by Crippen LogP contribution is -2.28. The van der Waals surface area contributed by atoms with Gasteiger partial charge in [0, 0.05) is 10.9 Å². The molecule has 0 saturated heterocycles. The van der Waals surface area contributed by atoms with Crippen LogP contribution in [0.4, 0.5) is 0 Å². The van der Waals surface area contributed by atoms with Gasteiger partial charge in [-0.2, -0.15) is 0 Å². The Morgan fingerprint density at radius 2 is 1.95 bits per heavy atom. The molecule has 0 fully saturated rings. The molecule has 0 radical (unpaired) electrons. The van der Waals surface area contributed by atoms with Crippen molar-refractivity contribution in [1.29, 1.82) is 0 Å². The van der Waals surface area contributed by atoms with Gasteiger partial charge < -0.3 is 4.74 Å². The average molecular weight is 304 g/mol. The lowest BCUT2D eigenvalue weighted by molar-refractivity contribution is 0.242. The van der Waals surface area contributed by atoms with E-state index in [0.717, 1.165) is 25.0 Å². The maximum atomic E-state index is 5.70. The quantitative estimate of drug-likeness (QED) is 0.571. The van der Waals surface area contributed by atoms with Gasteiger partial charge in [-0.1, -0.05) is 18.2 Å². The number of hydrazine groups is 1. The molecule has 1 heterocycles. The molecule has 1 atom stereocenters. The summed E-state index contributed by atoms with van der Waals surface area (Å²) in [5.41, 5.74) is 4.13. The molecule has 0 bridgehead atoms. The van der Waals surface area contributed by atoms with E-state index < -0.39 is 0 Å². The Balaban J connectivity index is 1.87. The molecule has 21 heavy (non-hydrogen) atoms. The van der Waals surface area contributed by atoms with Crippen molar-refractivity contribution in [2.75, 3.05) is 0 Å². The Labute approximate surface area is 131 Å². The Morgan fingerprint density at radius 1 is 1.19 bits per heavy atom. The van der Waals surface area contributed by atoms with Gasteiger partial charge in [0.1, 0.15) is 5.75 Å². The summed E-state index contributed by atoms with van der Waals surface area (Å²) in [4.78, 5) is 1.44. The van der Waals surface area contributed by atoms with Crippen LogP contribution in [0.25, 0.3) is 0 Å². The van der Waals surface area contributed by atoms with Gasteiger partial charge in [0.2, 0.25) is 0 Å². The molecule has 114 valence electrons. The Bertz CT molecular complexity index is 508. The number of benzene rings is 1. The molecule has 0 amide bonds. The number of nitrogens with one attached hydrogen (secondary N) is 1. The van der Waals surface area contributed by atoms with E-state index in [9.17, 15) is 0 Å². The fraction of sp³-hybridized carbons (Fsp3) is 0.412. The molecular weight excluding hydrogens is 280 g/mol. The maximum Gasteiger partial charge on any atom is 0.119 e. The second-order valence-electron chi connectivity index (χ2n) is 5.43. The lowest BCUT2D eigenvalue weighted by Gasteiger charge is -2.17. The first-order valence-electron chi connectivity index (χ1n) is 7.44. The Kier molecular flexibility index (Phi) is 6.23. The largest absolute Gasteiger partial charge is 0.491 e. The summed E-state index contributed by atoms with van der Waals surface area (Å²) in [6.07, 6.45) is 3.47. The number of hydrogen-bond donors (Lipinski definition) is 2. The minimum Gasteiger partial charge on any atom is -0.491 e. The first-order valence-corrected chi connectivity index (χ1v) is 8.32. The average Bonchev–Trinajstić information content (AvgIpc) is 2.97. The molecule has 2 rings (SSSR count). The summed E-state index contributed by atoms with van der Waals surface area (Å²) < 4.78 is 5.66. The highest BCUT2D eigenvalue weighted by atomic mass is 32.1. The summed E-state index contributed by atoms with van der Waals surface area (Å²) in [6, 6.07) is 12.7. The van der Waals surface area contributed by atoms with Crippen LogP contribution >= 0.6 is 11.3 Å². The van der Waals surface area contributed by atoms with E-state index in [1.807, 2.05) is 37.3 Å². The normalized spacial score (nSPS) is 12.6. The molecule has 0 aliphatic heterocycles. The molecule has 1 unspecified atom stereocenters. The number of thiophene rings is 1. The van der Waals surface area contributed by atoms with E-state index in [4.69, 9.17) is 10.6 Å². The molecule has 3 nitrogen and oxygen atoms in total. The summed E-state index contributed by atoms with van der Waals surface area (Å²) in [6.45, 7) is 4.06. The van der Waals surface area contributed by atoms with Gasteiger partial charge >= 0.3 is 0 Å². The first-order chi connectivity index (χ1) is 10.2. The van der Waals surface area contributed by atoms with Crippen molar-refractivity contribution >= 4 is 11.3 Å². The van der Waals surface area contributed by atoms with Gasteiger partial charge in [0.15, 0.2) is 0 Å². The zero-order valence-corrected chi connectivity index (χ0v) is 13.5. The van der Waals surface area contributed by atoms with E-state index in [0.29, 0.717) is 0 Å². The van der Waals surface area contributed by atoms with Gasteiger partial charge in [-0.15, -0.1) is 11.3 Å². The fourth-order valence-electron chi connectivity index (χ4n) is 2.33. The molecule has 2 aromatic rings. The molecule has 0 aliphatic rings. The summed E-state index contributed by atoms with van der Waals surface area (Å²) in [5.74, 6) is 6.61. The maximum absolute atomic E-state index is 5.70. The zero-order chi connectivity index (χ0) is 15.1. The standard InChI is InChI=1S/C17H24N2OS/c1-13(2)20-15-10-8-14(9-11-15)17(19-18)7-3-5-16-6-4-12-21-16/h4,6,8-13,17,19H,3,5,7,18H2,1-2H3. The lowest BCUT2D eigenvalue weighted by atomic mass is 10.0. The molecule has 0 aliphatic carbocycles. The molecular formula is C17H24N2OS. The third kappa shape index (κ3) is 5.16. The van der Waals surface area contributed by atoms with Crippen molar-refractivity contribution in [3.63, 3.8) is 0 Å². The summed E-state index contributed by atoms with van der Waals surface area (Å²) >= 11 is 1.82. The number of aryl methyl sites for hydroxylation is 1. The highest BCUT2D eigenvalue weighted by Crippen LogP contribution is 2.23. The number of hydrogen-bond acceptors (Lipinski definition) is 4. The van der Waals surface area contributed by atoms with E-state index in [1.165, 1.54) is 10.4 Å². The van der Waals surface area contributed by atoms with Gasteiger partial charge in [-0.3, -0.25) is 11.3 Å². The second kappa shape index (κ2) is 8.17. The van der Waals surface area contributed by atoms with Gasteiger partial charge in [-0.05, 0) is 62.3 Å². The van der Waals surface area contributed by atoms with Crippen LogP contribution in [-0.2, 0) is 6.42 Å². The number of ether oxygens (including phenoxy) is 1. The molecule has 4 heteroatoms. The van der Waals surface area contributed by atoms with Crippen molar-refractivity contribution in [1.82, 2.24) is 5.43 Å². The molecule has 3 N–H and O–H groups in total. The predicted molar refractivity (Wildman–Crippen MR) is 89.5 cm³/mol. The van der Waals surface area contributed by atoms with Crippen molar-refractivity contribution in [3.8, 4) is 5.75 Å². The van der Waals surface area contributed by atoms with Crippen LogP contribution in [0.3, 0.4) is 0 Å². The molecule has 0 saturated carbocycles. The minimum atomic E-state index is 0.193. The first kappa shape index (κ1) is 16.0. The van der Waals surface area contributed by atoms with Crippen LogP contribution in [0.5, 0.6) is 5.75 Å². The predicted octanol–water partition coefficient (Wildman–Crippen LogP) is 4.06. The third-order valence-electron chi connectivity index (χ3n) is 3.35. The van der Waals surface area contributed by atoms with Gasteiger partial charge in [0.25, 0.3) is 0 Å². The number of nitrogens with two attached hydrogens (primary N) is 1. The van der Waals surface area contributed by atoms with Crippen LogP contribution < -0.4 is 16.0 Å². The molecule has 1 aromatic carbocycles. The molecule has 0 spiro atoms. The fourth-order valence-corrected chi connectivity index (χ4v) is 3.08. The summed E-state index contributed by atoms with van der Waals surface area (Å²) in [5, 5.41) is 2.13. The number of rotatable bonds is 8. The van der Waals surface area contributed by atoms with Crippen LogP contribution in [0.2, 0.25) is 0 Å². The SMILES string of the molecule is CC(C)Oc1ccc(C(CCCc2cccs2)NN)cc1. The van der Waals surface area contributed by atoms with Crippen LogP contribution in [0, 0.1) is 0 Å². The van der Waals surface area contributed by atoms with E-state index in [1.54, 1.807) is 0 Å². The van der Waals surface area contributed by atoms with Gasteiger partial charge in [0.05, 0.1) is 6.10 Å². The zero-order valence-electron chi connectivity index (χ0n) is 12.7. The van der Waals surface area contributed by atoms with Crippen molar-refractivity contribution in [3.05, 3.63) is 52.2 Å². The smallest absolute Gasteiger partial charge is 0.119 e. The van der Waals surface area contributed by atoms with E-state index in [-0.39, 0.29) is 12.1 Å². The van der Waals surface area contributed by atoms with E-state index in [2.05, 4.69) is 35.1 Å². The topological polar surface area (TPSA) is 47.3 Å². The third-order valence-corrected chi connectivity index (χ3v) is 4.29. The second-order valence-corrected chi connectivity index (χ2v) is 6.46. The summed E-state index contributed by atoms with van der Waals surface area (Å²) in [7, 11) is 0. The molecule has 1 aromatic heterocycles.